The van der Waals surface area contributed by atoms with Gasteiger partial charge in [-0.25, -0.2) is 0 Å². The molecular formula is C14H17ClN2. The highest BCUT2D eigenvalue weighted by Crippen LogP contribution is 2.29. The summed E-state index contributed by atoms with van der Waals surface area (Å²) in [5.41, 5.74) is 1.79. The molecule has 0 aliphatic heterocycles. The van der Waals surface area contributed by atoms with Crippen molar-refractivity contribution in [2.45, 2.75) is 11.8 Å². The molecule has 1 unspecified atom stereocenters. The predicted octanol–water partition coefficient (Wildman–Crippen LogP) is 3.15. The normalized spacial score (nSPS) is 14.8. The average Bonchev–Trinajstić information content (AvgIpc) is 2.35. The molecule has 1 rings (SSSR count). The molecule has 0 bridgehead atoms. The minimum Gasteiger partial charge on any atom is -0.309 e. The minimum atomic E-state index is -0.632. The third kappa shape index (κ3) is 3.59. The van der Waals surface area contributed by atoms with Crippen LogP contribution in [0.3, 0.4) is 0 Å². The van der Waals surface area contributed by atoms with Crippen LogP contribution in [-0.4, -0.2) is 25.5 Å². The molecule has 0 radical (unpaired) electrons. The van der Waals surface area contributed by atoms with Crippen LogP contribution in [0.15, 0.2) is 41.9 Å². The zero-order chi connectivity index (χ0) is 12.7. The Morgan fingerprint density at radius 2 is 2.00 bits per heavy atom. The van der Waals surface area contributed by atoms with E-state index in [9.17, 15) is 5.26 Å². The highest BCUT2D eigenvalue weighted by molar-refractivity contribution is 6.25. The average molecular weight is 249 g/mol. The Morgan fingerprint density at radius 1 is 1.35 bits per heavy atom. The van der Waals surface area contributed by atoms with Crippen LogP contribution in [-0.2, 0) is 5.41 Å². The lowest BCUT2D eigenvalue weighted by molar-refractivity contribution is 0.374. The van der Waals surface area contributed by atoms with Gasteiger partial charge in [0, 0.05) is 5.54 Å². The lowest BCUT2D eigenvalue weighted by Gasteiger charge is -2.25. The number of halogens is 1. The van der Waals surface area contributed by atoms with Gasteiger partial charge in [-0.1, -0.05) is 41.9 Å². The smallest absolute Gasteiger partial charge is 0.103 e. The Morgan fingerprint density at radius 3 is 2.47 bits per heavy atom. The maximum atomic E-state index is 9.50. The monoisotopic (exact) mass is 248 g/mol. The van der Waals surface area contributed by atoms with Crippen molar-refractivity contribution in [3.05, 3.63) is 47.5 Å². The van der Waals surface area contributed by atoms with Gasteiger partial charge in [-0.15, -0.1) is 0 Å². The second-order valence-corrected chi connectivity index (χ2v) is 4.55. The van der Waals surface area contributed by atoms with Gasteiger partial charge in [-0.05, 0) is 38.7 Å². The van der Waals surface area contributed by atoms with Crippen LogP contribution < -0.4 is 0 Å². The van der Waals surface area contributed by atoms with Crippen molar-refractivity contribution < 1.29 is 0 Å². The number of nitriles is 1. The molecule has 17 heavy (non-hydrogen) atoms. The third-order valence-electron chi connectivity index (χ3n) is 2.79. The predicted molar refractivity (Wildman–Crippen MR) is 71.9 cm³/mol. The quantitative estimate of drug-likeness (QED) is 0.801. The van der Waals surface area contributed by atoms with Gasteiger partial charge in [0.15, 0.2) is 0 Å². The molecule has 0 spiro atoms. The Balaban J connectivity index is 3.06. The van der Waals surface area contributed by atoms with Gasteiger partial charge in [-0.3, -0.25) is 0 Å². The minimum absolute atomic E-state index is 0.632. The molecule has 0 amide bonds. The highest BCUT2D eigenvalue weighted by Gasteiger charge is 2.28. The number of nitrogens with zero attached hydrogens (tertiary/aromatic N) is 2. The summed E-state index contributed by atoms with van der Waals surface area (Å²) in [7, 11) is 4.00. The Kier molecular flexibility index (Phi) is 5.21. The van der Waals surface area contributed by atoms with E-state index in [2.05, 4.69) is 11.0 Å². The SMILES string of the molecule is CN(C)CCC(C#N)(/C=C/Cl)c1ccccc1. The molecule has 0 saturated carbocycles. The van der Waals surface area contributed by atoms with Crippen molar-refractivity contribution in [2.75, 3.05) is 20.6 Å². The molecule has 2 nitrogen and oxygen atoms in total. The molecule has 90 valence electrons. The lowest BCUT2D eigenvalue weighted by Crippen LogP contribution is -2.27. The van der Waals surface area contributed by atoms with Gasteiger partial charge in [0.1, 0.15) is 5.41 Å². The van der Waals surface area contributed by atoms with Gasteiger partial charge >= 0.3 is 0 Å². The fourth-order valence-electron chi connectivity index (χ4n) is 1.72. The molecule has 0 fully saturated rings. The molecule has 0 aliphatic carbocycles. The van der Waals surface area contributed by atoms with Crippen LogP contribution in [0.25, 0.3) is 0 Å². The van der Waals surface area contributed by atoms with Gasteiger partial charge in [0.05, 0.1) is 6.07 Å². The molecular weight excluding hydrogens is 232 g/mol. The van der Waals surface area contributed by atoms with Crippen molar-refractivity contribution in [1.29, 1.82) is 5.26 Å². The van der Waals surface area contributed by atoms with E-state index < -0.39 is 5.41 Å². The fourth-order valence-corrected chi connectivity index (χ4v) is 1.94. The molecule has 3 heteroatoms. The van der Waals surface area contributed by atoms with E-state index >= 15 is 0 Å². The van der Waals surface area contributed by atoms with Crippen molar-refractivity contribution in [3.8, 4) is 6.07 Å². The van der Waals surface area contributed by atoms with Gasteiger partial charge in [-0.2, -0.15) is 5.26 Å². The van der Waals surface area contributed by atoms with Crippen molar-refractivity contribution in [1.82, 2.24) is 4.90 Å². The summed E-state index contributed by atoms with van der Waals surface area (Å²) in [6.45, 7) is 0.837. The summed E-state index contributed by atoms with van der Waals surface area (Å²) in [5, 5.41) is 9.50. The maximum Gasteiger partial charge on any atom is 0.103 e. The first kappa shape index (κ1) is 13.8. The second kappa shape index (κ2) is 6.44. The van der Waals surface area contributed by atoms with Crippen LogP contribution in [0.5, 0.6) is 0 Å². The number of hydrogen-bond donors (Lipinski definition) is 0. The zero-order valence-electron chi connectivity index (χ0n) is 10.2. The molecule has 0 aliphatic rings. The van der Waals surface area contributed by atoms with Crippen LogP contribution in [0.4, 0.5) is 0 Å². The van der Waals surface area contributed by atoms with Crippen molar-refractivity contribution in [3.63, 3.8) is 0 Å². The third-order valence-corrected chi connectivity index (χ3v) is 2.92. The Labute approximate surface area is 108 Å². The summed E-state index contributed by atoms with van der Waals surface area (Å²) < 4.78 is 0. The molecule has 1 aromatic carbocycles. The summed E-state index contributed by atoms with van der Waals surface area (Å²) >= 11 is 5.68. The first-order valence-corrected chi connectivity index (χ1v) is 5.98. The molecule has 1 atom stereocenters. The summed E-state index contributed by atoms with van der Waals surface area (Å²) in [5.74, 6) is 0. The van der Waals surface area contributed by atoms with Crippen LogP contribution in [0.2, 0.25) is 0 Å². The molecule has 0 heterocycles. The van der Waals surface area contributed by atoms with Gasteiger partial charge in [0.2, 0.25) is 0 Å². The topological polar surface area (TPSA) is 27.0 Å². The standard InChI is InChI=1S/C14H17ClN2/c1-17(2)11-9-14(12-16,8-10-15)13-6-4-3-5-7-13/h3-8,10H,9,11H2,1-2H3/b10-8+. The Hall–Kier alpha value is -1.30. The van der Waals surface area contributed by atoms with Crippen LogP contribution in [0, 0.1) is 11.3 Å². The summed E-state index contributed by atoms with van der Waals surface area (Å²) in [6.07, 6.45) is 2.50. The number of benzene rings is 1. The molecule has 0 N–H and O–H groups in total. The largest absolute Gasteiger partial charge is 0.309 e. The Bertz CT molecular complexity index is 406. The molecule has 1 aromatic rings. The lowest BCUT2D eigenvalue weighted by atomic mass is 9.79. The van der Waals surface area contributed by atoms with Gasteiger partial charge < -0.3 is 4.90 Å². The van der Waals surface area contributed by atoms with E-state index in [0.717, 1.165) is 18.5 Å². The summed E-state index contributed by atoms with van der Waals surface area (Å²) in [4.78, 5) is 2.07. The first-order chi connectivity index (χ1) is 8.14. The zero-order valence-corrected chi connectivity index (χ0v) is 11.0. The van der Waals surface area contributed by atoms with E-state index in [1.54, 1.807) is 6.08 Å². The number of allylic oxidation sites excluding steroid dienone is 1. The van der Waals surface area contributed by atoms with E-state index in [4.69, 9.17) is 11.6 Å². The van der Waals surface area contributed by atoms with Crippen molar-refractivity contribution >= 4 is 11.6 Å². The fraction of sp³-hybridized carbons (Fsp3) is 0.357. The van der Waals surface area contributed by atoms with Crippen LogP contribution in [0.1, 0.15) is 12.0 Å². The maximum absolute atomic E-state index is 9.50. The second-order valence-electron chi connectivity index (χ2n) is 4.30. The van der Waals surface area contributed by atoms with E-state index in [1.165, 1.54) is 5.54 Å². The van der Waals surface area contributed by atoms with Gasteiger partial charge in [0.25, 0.3) is 0 Å². The highest BCUT2D eigenvalue weighted by atomic mass is 35.5. The van der Waals surface area contributed by atoms with E-state index in [-0.39, 0.29) is 0 Å². The van der Waals surface area contributed by atoms with E-state index in [1.807, 2.05) is 44.4 Å². The van der Waals surface area contributed by atoms with Crippen LogP contribution >= 0.6 is 11.6 Å². The number of hydrogen-bond acceptors (Lipinski definition) is 2. The molecule has 0 saturated heterocycles. The molecule has 0 aromatic heterocycles. The number of rotatable bonds is 5. The first-order valence-electron chi connectivity index (χ1n) is 5.54. The van der Waals surface area contributed by atoms with E-state index in [0.29, 0.717) is 0 Å². The van der Waals surface area contributed by atoms with Crippen molar-refractivity contribution in [2.24, 2.45) is 0 Å². The summed E-state index contributed by atoms with van der Waals surface area (Å²) in [6, 6.07) is 12.2.